The minimum absolute atomic E-state index is 0.116. The van der Waals surface area contributed by atoms with E-state index in [1.807, 2.05) is 0 Å². The van der Waals surface area contributed by atoms with Gasteiger partial charge in [-0.3, -0.25) is 0 Å². The van der Waals surface area contributed by atoms with Crippen LogP contribution in [0.15, 0.2) is 0 Å². The molecule has 3 saturated carbocycles. The van der Waals surface area contributed by atoms with Gasteiger partial charge < -0.3 is 0 Å². The highest BCUT2D eigenvalue weighted by molar-refractivity contribution is 4.88. The maximum absolute atomic E-state index is 12.8. The van der Waals surface area contributed by atoms with Gasteiger partial charge in [0.15, 0.2) is 0 Å². The topological polar surface area (TPSA) is 0 Å². The molecule has 3 fully saturated rings. The van der Waals surface area contributed by atoms with E-state index in [0.717, 1.165) is 36.5 Å². The van der Waals surface area contributed by atoms with Crippen molar-refractivity contribution in [3.8, 4) is 0 Å². The first-order valence-corrected chi connectivity index (χ1v) is 14.2. The standard InChI is InChI=1S/2C8H14F2.C8H16.C6H14/c1-6(2)3-7-4-8(9,10)5-7;1-6(2)8(9,10)5-7-3-4-7;1-7(2)6-8(3)4-5-8;1-4-5-6(2)3/h2*6-7H,3-5H2,1-2H3;7H,4-6H2,1-3H3;6H,4-5H2,1-3H3. The van der Waals surface area contributed by atoms with Crippen molar-refractivity contribution in [1.29, 1.82) is 0 Å². The maximum atomic E-state index is 12.8. The Hall–Kier alpha value is -0.280. The van der Waals surface area contributed by atoms with E-state index in [9.17, 15) is 17.6 Å². The molecular formula is C30H58F4. The average Bonchev–Trinajstić information content (AvgIpc) is 3.53. The Kier molecular flexibility index (Phi) is 15.0. The van der Waals surface area contributed by atoms with Crippen molar-refractivity contribution in [3.63, 3.8) is 0 Å². The van der Waals surface area contributed by atoms with Gasteiger partial charge in [0.1, 0.15) is 0 Å². The summed E-state index contributed by atoms with van der Waals surface area (Å²) in [5, 5.41) is 0. The van der Waals surface area contributed by atoms with E-state index >= 15 is 0 Å². The van der Waals surface area contributed by atoms with Crippen molar-refractivity contribution in [2.45, 2.75) is 152 Å². The monoisotopic (exact) mass is 494 g/mol. The lowest BCUT2D eigenvalue weighted by Gasteiger charge is -2.35. The molecule has 0 N–H and O–H groups in total. The number of hydrogen-bond acceptors (Lipinski definition) is 0. The van der Waals surface area contributed by atoms with Crippen LogP contribution in [0.25, 0.3) is 0 Å². The quantitative estimate of drug-likeness (QED) is 0.280. The molecule has 0 amide bonds. The smallest absolute Gasteiger partial charge is 0.207 e. The van der Waals surface area contributed by atoms with Crippen LogP contribution in [-0.2, 0) is 0 Å². The number of alkyl halides is 4. The van der Waals surface area contributed by atoms with Crippen LogP contribution in [-0.4, -0.2) is 11.8 Å². The molecule has 0 heterocycles. The first kappa shape index (κ1) is 33.7. The van der Waals surface area contributed by atoms with Crippen molar-refractivity contribution in [2.75, 3.05) is 0 Å². The van der Waals surface area contributed by atoms with Crippen LogP contribution >= 0.6 is 0 Å². The highest BCUT2D eigenvalue weighted by atomic mass is 19.3. The van der Waals surface area contributed by atoms with Crippen LogP contribution in [0.5, 0.6) is 0 Å². The summed E-state index contributed by atoms with van der Waals surface area (Å²) in [7, 11) is 0. The van der Waals surface area contributed by atoms with Crippen LogP contribution in [0.2, 0.25) is 0 Å². The van der Waals surface area contributed by atoms with Crippen LogP contribution in [0.4, 0.5) is 17.6 Å². The van der Waals surface area contributed by atoms with Gasteiger partial charge in [0.05, 0.1) is 0 Å². The number of hydrogen-bond donors (Lipinski definition) is 0. The fourth-order valence-corrected chi connectivity index (χ4v) is 4.54. The Morgan fingerprint density at radius 2 is 1.29 bits per heavy atom. The zero-order chi connectivity index (χ0) is 26.7. The Morgan fingerprint density at radius 3 is 1.50 bits per heavy atom. The molecule has 206 valence electrons. The third kappa shape index (κ3) is 18.1. The van der Waals surface area contributed by atoms with Crippen LogP contribution in [0, 0.1) is 40.9 Å². The second-order valence-electron chi connectivity index (χ2n) is 13.4. The van der Waals surface area contributed by atoms with Gasteiger partial charge in [0.2, 0.25) is 5.92 Å². The third-order valence-electron chi connectivity index (χ3n) is 6.95. The summed E-state index contributed by atoms with van der Waals surface area (Å²) >= 11 is 0. The highest BCUT2D eigenvalue weighted by Gasteiger charge is 2.44. The molecule has 3 aliphatic carbocycles. The molecular weight excluding hydrogens is 436 g/mol. The largest absolute Gasteiger partial charge is 0.250 e. The fraction of sp³-hybridized carbons (Fsp3) is 1.00. The molecule has 0 unspecified atom stereocenters. The van der Waals surface area contributed by atoms with Crippen molar-refractivity contribution in [3.05, 3.63) is 0 Å². The third-order valence-corrected chi connectivity index (χ3v) is 6.95. The van der Waals surface area contributed by atoms with E-state index in [2.05, 4.69) is 55.4 Å². The van der Waals surface area contributed by atoms with Crippen molar-refractivity contribution >= 4 is 0 Å². The lowest BCUT2D eigenvalue weighted by molar-refractivity contribution is -0.114. The van der Waals surface area contributed by atoms with Gasteiger partial charge in [0.25, 0.3) is 5.92 Å². The van der Waals surface area contributed by atoms with Crippen LogP contribution in [0.3, 0.4) is 0 Å². The van der Waals surface area contributed by atoms with Gasteiger partial charge in [-0.1, -0.05) is 82.1 Å². The van der Waals surface area contributed by atoms with Gasteiger partial charge in [-0.2, -0.15) is 0 Å². The molecule has 0 nitrogen and oxygen atoms in total. The molecule has 0 bridgehead atoms. The minimum atomic E-state index is -2.42. The van der Waals surface area contributed by atoms with Gasteiger partial charge in [-0.25, -0.2) is 17.6 Å². The molecule has 0 aromatic rings. The molecule has 3 rings (SSSR count). The van der Waals surface area contributed by atoms with Crippen LogP contribution < -0.4 is 0 Å². The maximum Gasteiger partial charge on any atom is 0.250 e. The summed E-state index contributed by atoms with van der Waals surface area (Å²) in [6.45, 7) is 21.1. The summed E-state index contributed by atoms with van der Waals surface area (Å²) < 4.78 is 50.2. The first-order valence-electron chi connectivity index (χ1n) is 14.2. The zero-order valence-corrected chi connectivity index (χ0v) is 24.3. The van der Waals surface area contributed by atoms with Gasteiger partial charge in [0, 0.05) is 25.2 Å². The van der Waals surface area contributed by atoms with Crippen molar-refractivity contribution in [2.24, 2.45) is 40.9 Å². The summed E-state index contributed by atoms with van der Waals surface area (Å²) in [5.74, 6) is -2.22. The second-order valence-corrected chi connectivity index (χ2v) is 13.4. The Balaban J connectivity index is 0.000000435. The summed E-state index contributed by atoms with van der Waals surface area (Å²) in [5.41, 5.74) is 0.772. The van der Waals surface area contributed by atoms with Gasteiger partial charge in [-0.15, -0.1) is 0 Å². The van der Waals surface area contributed by atoms with E-state index in [-0.39, 0.29) is 19.3 Å². The minimum Gasteiger partial charge on any atom is -0.207 e. The summed E-state index contributed by atoms with van der Waals surface area (Å²) in [6.07, 6.45) is 10.5. The molecule has 0 aliphatic heterocycles. The van der Waals surface area contributed by atoms with Gasteiger partial charge in [-0.05, 0) is 73.5 Å². The second kappa shape index (κ2) is 15.1. The van der Waals surface area contributed by atoms with Crippen LogP contribution in [0.1, 0.15) is 140 Å². The van der Waals surface area contributed by atoms with Crippen molar-refractivity contribution in [1.82, 2.24) is 0 Å². The SMILES string of the molecule is CC(C)C(F)(F)CC1CC1.CC(C)CC1(C)CC1.CC(C)CC1CC(F)(F)C1.CCCC(C)C. The Labute approximate surface area is 210 Å². The average molecular weight is 495 g/mol. The fourth-order valence-electron chi connectivity index (χ4n) is 4.54. The molecule has 0 aromatic carbocycles. The zero-order valence-electron chi connectivity index (χ0n) is 24.3. The molecule has 0 aromatic heterocycles. The lowest BCUT2D eigenvalue weighted by Crippen LogP contribution is -2.35. The molecule has 3 aliphatic rings. The van der Waals surface area contributed by atoms with E-state index in [0.29, 0.717) is 17.8 Å². The van der Waals surface area contributed by atoms with E-state index in [1.165, 1.54) is 32.1 Å². The van der Waals surface area contributed by atoms with E-state index in [4.69, 9.17) is 0 Å². The molecule has 4 heteroatoms. The van der Waals surface area contributed by atoms with E-state index in [1.54, 1.807) is 13.8 Å². The predicted octanol–water partition coefficient (Wildman–Crippen LogP) is 11.4. The number of halogens is 4. The summed E-state index contributed by atoms with van der Waals surface area (Å²) in [6, 6.07) is 0. The van der Waals surface area contributed by atoms with Crippen molar-refractivity contribution < 1.29 is 17.6 Å². The molecule has 34 heavy (non-hydrogen) atoms. The Bertz CT molecular complexity index is 503. The first-order chi connectivity index (χ1) is 15.4. The molecule has 0 radical (unpaired) electrons. The molecule has 0 spiro atoms. The highest BCUT2D eigenvalue weighted by Crippen LogP contribution is 2.49. The molecule has 0 saturated heterocycles. The number of rotatable bonds is 9. The normalized spacial score (nSPS) is 20.6. The lowest BCUT2D eigenvalue weighted by atomic mass is 9.77. The Morgan fingerprint density at radius 1 is 0.794 bits per heavy atom. The van der Waals surface area contributed by atoms with Gasteiger partial charge >= 0.3 is 0 Å². The summed E-state index contributed by atoms with van der Waals surface area (Å²) in [4.78, 5) is 0. The molecule has 0 atom stereocenters. The van der Waals surface area contributed by atoms with E-state index < -0.39 is 17.8 Å². The predicted molar refractivity (Wildman–Crippen MR) is 141 cm³/mol.